The number of nitrogens with one attached hydrogen (secondary N) is 2. The highest BCUT2D eigenvalue weighted by molar-refractivity contribution is 6.35. The summed E-state index contributed by atoms with van der Waals surface area (Å²) in [6, 6.07) is 5.06. The van der Waals surface area contributed by atoms with Crippen LogP contribution in [0.4, 0.5) is 4.79 Å². The summed E-state index contributed by atoms with van der Waals surface area (Å²) in [6.07, 6.45) is 10.0. The normalized spacial score (nSPS) is 27.1. The first-order valence-electron chi connectivity index (χ1n) is 13.2. The Morgan fingerprint density at radius 1 is 1.08 bits per heavy atom. The van der Waals surface area contributed by atoms with E-state index in [4.69, 9.17) is 32.9 Å². The molecule has 3 fully saturated rings. The molecule has 5 atom stereocenters. The zero-order valence-electron chi connectivity index (χ0n) is 21.7. The maximum absolute atomic E-state index is 12.2. The molecule has 0 aromatic carbocycles. The lowest BCUT2D eigenvalue weighted by Gasteiger charge is -2.35. The quantitative estimate of drug-likeness (QED) is 0.542. The number of amides is 2. The summed E-state index contributed by atoms with van der Waals surface area (Å²) < 4.78 is 6.47. The van der Waals surface area contributed by atoms with Gasteiger partial charge in [0.25, 0.3) is 0 Å². The van der Waals surface area contributed by atoms with Crippen LogP contribution in [-0.2, 0) is 4.74 Å². The van der Waals surface area contributed by atoms with Crippen molar-refractivity contribution in [3.05, 3.63) is 57.6 Å². The second-order valence-corrected chi connectivity index (χ2v) is 11.5. The molecule has 2 amide bonds. The highest BCUT2D eigenvalue weighted by Gasteiger charge is 2.42. The van der Waals surface area contributed by atoms with Crippen LogP contribution in [0.25, 0.3) is 0 Å². The van der Waals surface area contributed by atoms with Gasteiger partial charge in [-0.3, -0.25) is 15.4 Å². The first-order valence-corrected chi connectivity index (χ1v) is 13.9. The van der Waals surface area contributed by atoms with Gasteiger partial charge in [0.1, 0.15) is 0 Å². The van der Waals surface area contributed by atoms with Crippen LogP contribution in [0.2, 0.25) is 10.0 Å². The Balaban J connectivity index is 1.20. The Morgan fingerprint density at radius 2 is 1.81 bits per heavy atom. The summed E-state index contributed by atoms with van der Waals surface area (Å²) in [6.45, 7) is 3.56. The Labute approximate surface area is 229 Å². The van der Waals surface area contributed by atoms with E-state index < -0.39 is 0 Å². The van der Waals surface area contributed by atoms with Crippen LogP contribution in [0, 0.1) is 5.92 Å². The van der Waals surface area contributed by atoms with Gasteiger partial charge in [-0.1, -0.05) is 29.3 Å². The Hall–Kier alpha value is -1.97. The van der Waals surface area contributed by atoms with Crippen LogP contribution in [0.1, 0.15) is 73.9 Å². The number of likely N-dealkylation sites (tertiary alicyclic amines) is 1. The number of hydrogen-bond acceptors (Lipinski definition) is 6. The number of pyridine rings is 2. The number of ether oxygens (including phenoxy) is 1. The van der Waals surface area contributed by atoms with E-state index in [0.29, 0.717) is 27.9 Å². The van der Waals surface area contributed by atoms with Crippen LogP contribution in [-0.4, -0.2) is 65.1 Å². The third kappa shape index (κ3) is 5.73. The minimum Gasteiger partial charge on any atom is -0.370 e. The number of halogens is 2. The molecule has 10 heteroatoms. The first-order chi connectivity index (χ1) is 17.8. The second kappa shape index (κ2) is 11.4. The lowest BCUT2D eigenvalue weighted by molar-refractivity contribution is -0.0370. The van der Waals surface area contributed by atoms with Gasteiger partial charge in [-0.25, -0.2) is 10.2 Å². The monoisotopic (exact) mass is 546 g/mol. The van der Waals surface area contributed by atoms with Gasteiger partial charge in [-0.15, -0.1) is 0 Å². The molecule has 2 saturated heterocycles. The molecule has 4 unspecified atom stereocenters. The summed E-state index contributed by atoms with van der Waals surface area (Å²) in [5.41, 5.74) is 10.1. The minimum absolute atomic E-state index is 0.0900. The molecule has 2 aliphatic heterocycles. The SMILES string of the molecule is C[C@@H](OC1CCC2NNC(c3ccc(C4CCN(C(=O)N(C)C)CC4)nc3)C2C1)c1c(Cl)cncc1Cl. The zero-order chi connectivity index (χ0) is 26.1. The third-order valence-corrected chi connectivity index (χ3v) is 8.73. The van der Waals surface area contributed by atoms with Crippen LogP contribution >= 0.6 is 23.2 Å². The lowest BCUT2D eigenvalue weighted by Crippen LogP contribution is -2.43. The molecule has 4 heterocycles. The summed E-state index contributed by atoms with van der Waals surface area (Å²) in [5, 5.41) is 1.08. The van der Waals surface area contributed by atoms with Crippen molar-refractivity contribution in [1.82, 2.24) is 30.6 Å². The van der Waals surface area contributed by atoms with Crippen LogP contribution in [0.3, 0.4) is 0 Å². The Bertz CT molecular complexity index is 1070. The predicted molar refractivity (Wildman–Crippen MR) is 145 cm³/mol. The molecule has 2 N–H and O–H groups in total. The molecule has 200 valence electrons. The fourth-order valence-electron chi connectivity index (χ4n) is 6.13. The Kier molecular flexibility index (Phi) is 8.22. The molecule has 0 radical (unpaired) electrons. The van der Waals surface area contributed by atoms with E-state index in [1.54, 1.807) is 31.4 Å². The van der Waals surface area contributed by atoms with Crippen molar-refractivity contribution in [1.29, 1.82) is 0 Å². The zero-order valence-corrected chi connectivity index (χ0v) is 23.2. The van der Waals surface area contributed by atoms with Crippen molar-refractivity contribution in [3.8, 4) is 0 Å². The van der Waals surface area contributed by atoms with E-state index in [9.17, 15) is 4.79 Å². The van der Waals surface area contributed by atoms with E-state index in [2.05, 4.69) is 28.0 Å². The van der Waals surface area contributed by atoms with Crippen molar-refractivity contribution in [3.63, 3.8) is 0 Å². The molecule has 3 aliphatic rings. The first kappa shape index (κ1) is 26.6. The lowest BCUT2D eigenvalue weighted by atomic mass is 9.78. The largest absolute Gasteiger partial charge is 0.370 e. The summed E-state index contributed by atoms with van der Waals surface area (Å²) in [5.74, 6) is 0.797. The fraction of sp³-hybridized carbons (Fsp3) is 0.593. The highest BCUT2D eigenvalue weighted by atomic mass is 35.5. The Morgan fingerprint density at radius 3 is 2.46 bits per heavy atom. The number of fused-ring (bicyclic) bond motifs is 1. The van der Waals surface area contributed by atoms with Gasteiger partial charge in [-0.05, 0) is 56.6 Å². The highest BCUT2D eigenvalue weighted by Crippen LogP contribution is 2.41. The number of hydrazine groups is 1. The van der Waals surface area contributed by atoms with E-state index in [-0.39, 0.29) is 24.3 Å². The minimum atomic E-state index is -0.203. The van der Waals surface area contributed by atoms with Crippen molar-refractivity contribution < 1.29 is 9.53 Å². The average molecular weight is 548 g/mol. The number of rotatable bonds is 5. The molecule has 0 bridgehead atoms. The molecule has 1 saturated carbocycles. The molecule has 2 aromatic heterocycles. The average Bonchev–Trinajstić information content (AvgIpc) is 3.31. The van der Waals surface area contributed by atoms with Crippen LogP contribution in [0.5, 0.6) is 0 Å². The van der Waals surface area contributed by atoms with Gasteiger partial charge in [0.05, 0.1) is 28.3 Å². The number of nitrogens with zero attached hydrogens (tertiary/aromatic N) is 4. The number of piperidine rings is 1. The van der Waals surface area contributed by atoms with Gasteiger partial charge in [0.15, 0.2) is 0 Å². The molecule has 37 heavy (non-hydrogen) atoms. The second-order valence-electron chi connectivity index (χ2n) is 10.7. The topological polar surface area (TPSA) is 82.6 Å². The number of carbonyl (C=O) groups excluding carboxylic acids is 1. The molecular formula is C27H36Cl2N6O2. The molecule has 0 spiro atoms. The molecule has 1 aliphatic carbocycles. The number of aromatic nitrogens is 2. The smallest absolute Gasteiger partial charge is 0.319 e. The summed E-state index contributed by atoms with van der Waals surface area (Å²) in [4.78, 5) is 24.7. The maximum atomic E-state index is 12.2. The maximum Gasteiger partial charge on any atom is 0.319 e. The molecule has 8 nitrogen and oxygen atoms in total. The van der Waals surface area contributed by atoms with E-state index in [1.807, 2.05) is 18.0 Å². The van der Waals surface area contributed by atoms with E-state index >= 15 is 0 Å². The van der Waals surface area contributed by atoms with Crippen molar-refractivity contribution in [2.75, 3.05) is 27.2 Å². The van der Waals surface area contributed by atoms with Crippen molar-refractivity contribution >= 4 is 29.2 Å². The molecular weight excluding hydrogens is 511 g/mol. The summed E-state index contributed by atoms with van der Waals surface area (Å²) in [7, 11) is 3.61. The summed E-state index contributed by atoms with van der Waals surface area (Å²) >= 11 is 12.7. The van der Waals surface area contributed by atoms with E-state index in [1.165, 1.54) is 5.56 Å². The van der Waals surface area contributed by atoms with Gasteiger partial charge < -0.3 is 14.5 Å². The van der Waals surface area contributed by atoms with E-state index in [0.717, 1.165) is 56.5 Å². The number of hydrogen-bond donors (Lipinski definition) is 2. The fourth-order valence-corrected chi connectivity index (χ4v) is 6.80. The molecule has 2 aromatic rings. The van der Waals surface area contributed by atoms with Crippen molar-refractivity contribution in [2.24, 2.45) is 5.92 Å². The number of carbonyl (C=O) groups is 1. The van der Waals surface area contributed by atoms with Gasteiger partial charge in [0, 0.05) is 69.0 Å². The third-order valence-electron chi connectivity index (χ3n) is 8.13. The van der Waals surface area contributed by atoms with Gasteiger partial charge >= 0.3 is 6.03 Å². The van der Waals surface area contributed by atoms with Crippen LogP contribution < -0.4 is 10.9 Å². The predicted octanol–water partition coefficient (Wildman–Crippen LogP) is 5.11. The standard InChI is InChI=1S/C27H36Cl2N6O2/c1-16(25-21(28)14-30-15-22(25)29)37-19-5-7-24-20(12-19)26(33-32-24)18-4-6-23(31-13-18)17-8-10-35(11-9-17)27(36)34(2)3/h4,6,13-17,19-20,24,26,32-33H,5,7-12H2,1-3H3/t16-,19?,20?,24?,26?/m1/s1. The van der Waals surface area contributed by atoms with Gasteiger partial charge in [-0.2, -0.15) is 0 Å². The molecule has 5 rings (SSSR count). The van der Waals surface area contributed by atoms with Gasteiger partial charge in [0.2, 0.25) is 0 Å². The van der Waals surface area contributed by atoms with Crippen molar-refractivity contribution in [2.45, 2.75) is 69.2 Å². The van der Waals surface area contributed by atoms with Crippen LogP contribution in [0.15, 0.2) is 30.7 Å². The number of urea groups is 1.